The van der Waals surface area contributed by atoms with E-state index in [4.69, 9.17) is 8.94 Å². The third-order valence-electron chi connectivity index (χ3n) is 5.02. The number of rotatable bonds is 5. The summed E-state index contributed by atoms with van der Waals surface area (Å²) in [6.07, 6.45) is 2.85. The zero-order chi connectivity index (χ0) is 18.7. The first kappa shape index (κ1) is 18.2. The minimum Gasteiger partial charge on any atom is -0.461 e. The molecule has 0 saturated carbocycles. The molecule has 0 aromatic carbocycles. The van der Waals surface area contributed by atoms with E-state index in [0.717, 1.165) is 0 Å². The Labute approximate surface area is 152 Å². The molecule has 7 nitrogen and oxygen atoms in total. The molecule has 2 aromatic rings. The first-order chi connectivity index (χ1) is 12.5. The maximum Gasteiger partial charge on any atom is 0.276 e. The van der Waals surface area contributed by atoms with Crippen LogP contribution in [-0.4, -0.2) is 41.0 Å². The molecule has 0 spiro atoms. The van der Waals surface area contributed by atoms with E-state index in [-0.39, 0.29) is 29.5 Å². The van der Waals surface area contributed by atoms with Crippen molar-refractivity contribution in [2.24, 2.45) is 11.8 Å². The Kier molecular flexibility index (Phi) is 5.44. The standard InChI is InChI=1S/C19H25N3O4/c1-12(2)13(3)20-18(23)14-6-8-22(9-7-14)19(24)15-11-17(26-21-15)16-5-4-10-25-16/h4-5,10-14H,6-9H2,1-3H3,(H,20,23). The van der Waals surface area contributed by atoms with Crippen molar-refractivity contribution in [2.45, 2.75) is 39.7 Å². The quantitative estimate of drug-likeness (QED) is 0.887. The van der Waals surface area contributed by atoms with E-state index in [1.165, 1.54) is 6.26 Å². The first-order valence-electron chi connectivity index (χ1n) is 9.06. The van der Waals surface area contributed by atoms with Crippen LogP contribution in [0, 0.1) is 11.8 Å². The van der Waals surface area contributed by atoms with Gasteiger partial charge in [-0.3, -0.25) is 9.59 Å². The summed E-state index contributed by atoms with van der Waals surface area (Å²) in [5.41, 5.74) is 0.257. The number of aromatic nitrogens is 1. The second kappa shape index (κ2) is 7.76. The fourth-order valence-corrected chi connectivity index (χ4v) is 2.93. The van der Waals surface area contributed by atoms with Gasteiger partial charge in [-0.1, -0.05) is 19.0 Å². The molecule has 0 radical (unpaired) electrons. The molecule has 2 aromatic heterocycles. The SMILES string of the molecule is CC(C)C(C)NC(=O)C1CCN(C(=O)c2cc(-c3ccco3)on2)CC1. The van der Waals surface area contributed by atoms with Crippen LogP contribution >= 0.6 is 0 Å². The van der Waals surface area contributed by atoms with Crippen molar-refractivity contribution in [1.82, 2.24) is 15.4 Å². The monoisotopic (exact) mass is 359 g/mol. The van der Waals surface area contributed by atoms with Crippen molar-refractivity contribution >= 4 is 11.8 Å². The number of furan rings is 1. The van der Waals surface area contributed by atoms with E-state index in [9.17, 15) is 9.59 Å². The summed E-state index contributed by atoms with van der Waals surface area (Å²) in [5.74, 6) is 1.22. The number of nitrogens with zero attached hydrogens (tertiary/aromatic N) is 2. The van der Waals surface area contributed by atoms with Gasteiger partial charge in [-0.05, 0) is 37.8 Å². The predicted molar refractivity (Wildman–Crippen MR) is 95.3 cm³/mol. The Bertz CT molecular complexity index is 743. The molecule has 1 N–H and O–H groups in total. The van der Waals surface area contributed by atoms with Crippen LogP contribution in [0.3, 0.4) is 0 Å². The highest BCUT2D eigenvalue weighted by Gasteiger charge is 2.30. The van der Waals surface area contributed by atoms with Crippen LogP contribution < -0.4 is 5.32 Å². The van der Waals surface area contributed by atoms with E-state index < -0.39 is 0 Å². The van der Waals surface area contributed by atoms with Crippen LogP contribution in [0.4, 0.5) is 0 Å². The van der Waals surface area contributed by atoms with Crippen LogP contribution in [0.15, 0.2) is 33.4 Å². The Hall–Kier alpha value is -2.57. The molecule has 1 saturated heterocycles. The van der Waals surface area contributed by atoms with Gasteiger partial charge in [-0.25, -0.2) is 0 Å². The number of nitrogens with one attached hydrogen (secondary N) is 1. The Balaban J connectivity index is 1.55. The molecule has 1 aliphatic heterocycles. The van der Waals surface area contributed by atoms with E-state index in [0.29, 0.717) is 43.4 Å². The summed E-state index contributed by atoms with van der Waals surface area (Å²) >= 11 is 0. The lowest BCUT2D eigenvalue weighted by Crippen LogP contribution is -2.45. The van der Waals surface area contributed by atoms with Crippen LogP contribution in [0.5, 0.6) is 0 Å². The third kappa shape index (κ3) is 3.98. The summed E-state index contributed by atoms with van der Waals surface area (Å²) in [7, 11) is 0. The van der Waals surface area contributed by atoms with E-state index in [1.807, 2.05) is 6.92 Å². The van der Waals surface area contributed by atoms with Gasteiger partial charge in [-0.2, -0.15) is 0 Å². The largest absolute Gasteiger partial charge is 0.461 e. The van der Waals surface area contributed by atoms with Crippen molar-refractivity contribution in [3.8, 4) is 11.5 Å². The van der Waals surface area contributed by atoms with Gasteiger partial charge >= 0.3 is 0 Å². The maximum absolute atomic E-state index is 12.6. The molecule has 1 atom stereocenters. The summed E-state index contributed by atoms with van der Waals surface area (Å²) in [4.78, 5) is 26.7. The van der Waals surface area contributed by atoms with Gasteiger partial charge in [0.25, 0.3) is 5.91 Å². The minimum absolute atomic E-state index is 0.0451. The number of carbonyl (C=O) groups is 2. The molecular formula is C19H25N3O4. The fourth-order valence-electron chi connectivity index (χ4n) is 2.93. The zero-order valence-electron chi connectivity index (χ0n) is 15.4. The van der Waals surface area contributed by atoms with Crippen molar-refractivity contribution in [3.05, 3.63) is 30.2 Å². The molecule has 2 amide bonds. The number of carbonyl (C=O) groups excluding carboxylic acids is 2. The zero-order valence-corrected chi connectivity index (χ0v) is 15.4. The van der Waals surface area contributed by atoms with E-state index in [1.54, 1.807) is 23.1 Å². The van der Waals surface area contributed by atoms with Crippen molar-refractivity contribution in [1.29, 1.82) is 0 Å². The van der Waals surface area contributed by atoms with Crippen molar-refractivity contribution in [3.63, 3.8) is 0 Å². The van der Waals surface area contributed by atoms with Crippen LogP contribution in [0.2, 0.25) is 0 Å². The second-order valence-corrected chi connectivity index (χ2v) is 7.16. The van der Waals surface area contributed by atoms with Crippen molar-refractivity contribution in [2.75, 3.05) is 13.1 Å². The van der Waals surface area contributed by atoms with Crippen molar-refractivity contribution < 1.29 is 18.5 Å². The molecule has 3 heterocycles. The topological polar surface area (TPSA) is 88.6 Å². The molecule has 7 heteroatoms. The number of likely N-dealkylation sites (tertiary alicyclic amines) is 1. The summed E-state index contributed by atoms with van der Waals surface area (Å²) in [6.45, 7) is 7.26. The minimum atomic E-state index is -0.180. The molecule has 3 rings (SSSR count). The van der Waals surface area contributed by atoms with Gasteiger partial charge in [0.15, 0.2) is 11.5 Å². The fraction of sp³-hybridized carbons (Fsp3) is 0.526. The molecule has 1 aliphatic rings. The Morgan fingerprint density at radius 2 is 1.96 bits per heavy atom. The molecular weight excluding hydrogens is 334 g/mol. The van der Waals surface area contributed by atoms with Gasteiger partial charge in [-0.15, -0.1) is 0 Å². The highest BCUT2D eigenvalue weighted by atomic mass is 16.5. The van der Waals surface area contributed by atoms with Gasteiger partial charge in [0.05, 0.1) is 6.26 Å². The Morgan fingerprint density at radius 1 is 1.23 bits per heavy atom. The number of amides is 2. The molecule has 1 unspecified atom stereocenters. The smallest absolute Gasteiger partial charge is 0.276 e. The lowest BCUT2D eigenvalue weighted by Gasteiger charge is -2.31. The van der Waals surface area contributed by atoms with Gasteiger partial charge in [0.2, 0.25) is 11.7 Å². The molecule has 26 heavy (non-hydrogen) atoms. The number of piperidine rings is 1. The van der Waals surface area contributed by atoms with E-state index in [2.05, 4.69) is 24.3 Å². The molecule has 1 fully saturated rings. The van der Waals surface area contributed by atoms with Crippen LogP contribution in [0.1, 0.15) is 44.1 Å². The number of hydrogen-bond acceptors (Lipinski definition) is 5. The highest BCUT2D eigenvalue weighted by Crippen LogP contribution is 2.23. The third-order valence-corrected chi connectivity index (χ3v) is 5.02. The second-order valence-electron chi connectivity index (χ2n) is 7.16. The van der Waals surface area contributed by atoms with Gasteiger partial charge in [0, 0.05) is 31.1 Å². The van der Waals surface area contributed by atoms with Crippen LogP contribution in [0.25, 0.3) is 11.5 Å². The maximum atomic E-state index is 12.6. The summed E-state index contributed by atoms with van der Waals surface area (Å²) in [5, 5.41) is 6.92. The predicted octanol–water partition coefficient (Wildman–Crippen LogP) is 2.95. The van der Waals surface area contributed by atoms with E-state index >= 15 is 0 Å². The average Bonchev–Trinajstić information content (AvgIpc) is 3.32. The molecule has 140 valence electrons. The lowest BCUT2D eigenvalue weighted by atomic mass is 9.94. The normalized spacial score (nSPS) is 16.7. The molecule has 0 aliphatic carbocycles. The molecule has 0 bridgehead atoms. The van der Waals surface area contributed by atoms with Gasteiger partial charge in [0.1, 0.15) is 0 Å². The first-order valence-corrected chi connectivity index (χ1v) is 9.06. The van der Waals surface area contributed by atoms with Gasteiger partial charge < -0.3 is 19.2 Å². The average molecular weight is 359 g/mol. The summed E-state index contributed by atoms with van der Waals surface area (Å²) in [6, 6.07) is 5.23. The summed E-state index contributed by atoms with van der Waals surface area (Å²) < 4.78 is 10.4. The van der Waals surface area contributed by atoms with Crippen LogP contribution in [-0.2, 0) is 4.79 Å². The Morgan fingerprint density at radius 3 is 2.58 bits per heavy atom. The highest BCUT2D eigenvalue weighted by molar-refractivity contribution is 5.93. The number of hydrogen-bond donors (Lipinski definition) is 1. The lowest BCUT2D eigenvalue weighted by molar-refractivity contribution is -0.127.